The summed E-state index contributed by atoms with van der Waals surface area (Å²) < 4.78 is 0. The lowest BCUT2D eigenvalue weighted by Crippen LogP contribution is -2.39. The Morgan fingerprint density at radius 3 is 3.23 bits per heavy atom. The highest BCUT2D eigenvalue weighted by Crippen LogP contribution is 2.30. The largest absolute Gasteiger partial charge is 0.513 e. The van der Waals surface area contributed by atoms with Gasteiger partial charge >= 0.3 is 0 Å². The molecule has 2 aliphatic rings. The molecule has 0 bridgehead atoms. The van der Waals surface area contributed by atoms with Crippen molar-refractivity contribution < 1.29 is 5.11 Å². The molecule has 0 amide bonds. The average Bonchev–Trinajstić information content (AvgIpc) is 2.49. The van der Waals surface area contributed by atoms with E-state index >= 15 is 0 Å². The first kappa shape index (κ1) is 8.73. The fourth-order valence-corrected chi connectivity index (χ4v) is 2.54. The molecule has 0 spiro atoms. The quantitative estimate of drug-likeness (QED) is 0.498. The predicted molar refractivity (Wildman–Crippen MR) is 55.7 cm³/mol. The molecule has 2 heterocycles. The maximum Gasteiger partial charge on any atom is 0.194 e. The summed E-state index contributed by atoms with van der Waals surface area (Å²) in [6.07, 6.45) is 6.52. The van der Waals surface area contributed by atoms with Gasteiger partial charge in [0.05, 0.1) is 5.76 Å². The van der Waals surface area contributed by atoms with Gasteiger partial charge in [-0.3, -0.25) is 0 Å². The Kier molecular flexibility index (Phi) is 2.34. The van der Waals surface area contributed by atoms with E-state index in [0.29, 0.717) is 24.3 Å². The van der Waals surface area contributed by atoms with Crippen LogP contribution < -0.4 is 5.32 Å². The van der Waals surface area contributed by atoms with Gasteiger partial charge in [-0.05, 0) is 25.0 Å². The summed E-state index contributed by atoms with van der Waals surface area (Å²) in [5.74, 6) is 3.92. The van der Waals surface area contributed by atoms with Gasteiger partial charge in [0.2, 0.25) is 0 Å². The van der Waals surface area contributed by atoms with Crippen molar-refractivity contribution >= 4 is 6.71 Å². The van der Waals surface area contributed by atoms with Crippen LogP contribution in [0.15, 0.2) is 24.5 Å². The van der Waals surface area contributed by atoms with Crippen molar-refractivity contribution in [3.05, 3.63) is 24.5 Å². The van der Waals surface area contributed by atoms with E-state index in [2.05, 4.69) is 24.1 Å². The molecule has 0 aromatic heterocycles. The zero-order valence-electron chi connectivity index (χ0n) is 7.87. The lowest BCUT2D eigenvalue weighted by atomic mass is 9.38. The van der Waals surface area contributed by atoms with Crippen LogP contribution in [0.25, 0.3) is 0 Å². The Morgan fingerprint density at radius 2 is 2.46 bits per heavy atom. The van der Waals surface area contributed by atoms with Crippen LogP contribution in [0.2, 0.25) is 6.32 Å². The Bertz CT molecular complexity index is 239. The number of rotatable bonds is 2. The average molecular weight is 177 g/mol. The zero-order chi connectivity index (χ0) is 9.26. The molecule has 1 fully saturated rings. The van der Waals surface area contributed by atoms with Gasteiger partial charge in [-0.2, -0.15) is 0 Å². The predicted octanol–water partition coefficient (Wildman–Crippen LogP) is 1.92. The summed E-state index contributed by atoms with van der Waals surface area (Å²) in [5, 5.41) is 12.5. The zero-order valence-corrected chi connectivity index (χ0v) is 7.87. The summed E-state index contributed by atoms with van der Waals surface area (Å²) in [6, 6.07) is 0. The molecule has 3 heteroatoms. The second-order valence-corrected chi connectivity index (χ2v) is 4.25. The molecule has 0 aromatic rings. The van der Waals surface area contributed by atoms with Gasteiger partial charge < -0.3 is 10.4 Å². The first-order chi connectivity index (χ1) is 6.25. The van der Waals surface area contributed by atoms with E-state index in [1.807, 2.05) is 0 Å². The van der Waals surface area contributed by atoms with Crippen molar-refractivity contribution in [1.82, 2.24) is 5.32 Å². The molecule has 2 aliphatic heterocycles. The van der Waals surface area contributed by atoms with Gasteiger partial charge in [0.25, 0.3) is 0 Å². The summed E-state index contributed by atoms with van der Waals surface area (Å²) in [5.41, 5.74) is 0. The number of hydrogen-bond acceptors (Lipinski definition) is 2. The first-order valence-electron chi connectivity index (χ1n) is 5.05. The van der Waals surface area contributed by atoms with Crippen LogP contribution in [0.1, 0.15) is 19.3 Å². The van der Waals surface area contributed by atoms with E-state index in [-0.39, 0.29) is 0 Å². The van der Waals surface area contributed by atoms with Crippen LogP contribution in [0.4, 0.5) is 0 Å². The third-order valence-electron chi connectivity index (χ3n) is 3.19. The second kappa shape index (κ2) is 3.48. The highest BCUT2D eigenvalue weighted by Gasteiger charge is 2.33. The van der Waals surface area contributed by atoms with Crippen LogP contribution >= 0.6 is 0 Å². The van der Waals surface area contributed by atoms with Crippen molar-refractivity contribution in [2.24, 2.45) is 5.92 Å². The number of allylic oxidation sites excluding steroid dienone is 1. The molecule has 2 unspecified atom stereocenters. The SMILES string of the molecule is C=C(O)CC1CCC2NC=CB2C1. The van der Waals surface area contributed by atoms with Crippen molar-refractivity contribution in [2.45, 2.75) is 31.5 Å². The summed E-state index contributed by atoms with van der Waals surface area (Å²) in [4.78, 5) is 0. The monoisotopic (exact) mass is 177 g/mol. The topological polar surface area (TPSA) is 32.3 Å². The standard InChI is InChI=1S/C10H16BNO/c1-8(13)6-9-2-3-10-11(7-9)4-5-12-10/h4-5,9-10,12-13H,1-3,6-7H2. The van der Waals surface area contributed by atoms with Gasteiger partial charge in [-0.25, -0.2) is 0 Å². The van der Waals surface area contributed by atoms with E-state index in [1.54, 1.807) is 0 Å². The molecule has 2 N–H and O–H groups in total. The minimum Gasteiger partial charge on any atom is -0.513 e. The lowest BCUT2D eigenvalue weighted by molar-refractivity contribution is 0.341. The molecule has 2 nitrogen and oxygen atoms in total. The number of nitrogens with one attached hydrogen (secondary N) is 1. The summed E-state index contributed by atoms with van der Waals surface area (Å²) >= 11 is 0. The third-order valence-corrected chi connectivity index (χ3v) is 3.19. The first-order valence-corrected chi connectivity index (χ1v) is 5.05. The van der Waals surface area contributed by atoms with Crippen LogP contribution in [-0.2, 0) is 0 Å². The minimum absolute atomic E-state index is 0.346. The van der Waals surface area contributed by atoms with Crippen molar-refractivity contribution in [2.75, 3.05) is 0 Å². The van der Waals surface area contributed by atoms with Crippen LogP contribution in [0, 0.1) is 5.92 Å². The van der Waals surface area contributed by atoms with E-state index < -0.39 is 0 Å². The maximum absolute atomic E-state index is 9.12. The van der Waals surface area contributed by atoms with Gasteiger partial charge in [-0.1, -0.05) is 18.9 Å². The van der Waals surface area contributed by atoms with E-state index in [0.717, 1.165) is 6.42 Å². The highest BCUT2D eigenvalue weighted by atomic mass is 16.3. The van der Waals surface area contributed by atoms with Gasteiger partial charge in [0.1, 0.15) is 0 Å². The van der Waals surface area contributed by atoms with Crippen LogP contribution in [0.3, 0.4) is 0 Å². The van der Waals surface area contributed by atoms with Gasteiger partial charge in [-0.15, -0.1) is 0 Å². The number of fused-ring (bicyclic) bond motifs is 1. The molecule has 0 radical (unpaired) electrons. The van der Waals surface area contributed by atoms with Crippen molar-refractivity contribution in [3.8, 4) is 0 Å². The molecule has 13 heavy (non-hydrogen) atoms. The molecule has 70 valence electrons. The Balaban J connectivity index is 1.89. The number of hydrogen-bond donors (Lipinski definition) is 2. The normalized spacial score (nSPS) is 31.2. The van der Waals surface area contributed by atoms with E-state index in [4.69, 9.17) is 5.11 Å². The highest BCUT2D eigenvalue weighted by molar-refractivity contribution is 6.67. The molecule has 0 saturated carbocycles. The molecular weight excluding hydrogens is 161 g/mol. The van der Waals surface area contributed by atoms with E-state index in [1.165, 1.54) is 19.2 Å². The van der Waals surface area contributed by atoms with E-state index in [9.17, 15) is 0 Å². The second-order valence-electron chi connectivity index (χ2n) is 4.25. The molecule has 1 saturated heterocycles. The summed E-state index contributed by atoms with van der Waals surface area (Å²) in [6.45, 7) is 4.25. The summed E-state index contributed by atoms with van der Waals surface area (Å²) in [7, 11) is 0. The fraction of sp³-hybridized carbons (Fsp3) is 0.600. The smallest absolute Gasteiger partial charge is 0.194 e. The molecule has 0 aromatic carbocycles. The number of aliphatic hydroxyl groups excluding tert-OH is 1. The maximum atomic E-state index is 9.12. The third kappa shape index (κ3) is 1.90. The Labute approximate surface area is 79.8 Å². The van der Waals surface area contributed by atoms with Gasteiger partial charge in [0.15, 0.2) is 6.71 Å². The molecule has 0 aliphatic carbocycles. The fourth-order valence-electron chi connectivity index (χ4n) is 2.54. The number of aliphatic hydroxyl groups is 1. The van der Waals surface area contributed by atoms with Crippen LogP contribution in [0.5, 0.6) is 0 Å². The molecular formula is C10H16BNO. The molecule has 2 atom stereocenters. The molecule has 2 rings (SSSR count). The Morgan fingerprint density at radius 1 is 1.62 bits per heavy atom. The van der Waals surface area contributed by atoms with Crippen molar-refractivity contribution in [1.29, 1.82) is 0 Å². The lowest BCUT2D eigenvalue weighted by Gasteiger charge is -2.29. The Hall–Kier alpha value is -0.855. The minimum atomic E-state index is 0.346. The van der Waals surface area contributed by atoms with Gasteiger partial charge in [0, 0.05) is 12.4 Å². The van der Waals surface area contributed by atoms with Crippen LogP contribution in [-0.4, -0.2) is 17.8 Å². The van der Waals surface area contributed by atoms with Crippen molar-refractivity contribution in [3.63, 3.8) is 0 Å².